The Hall–Kier alpha value is -2.45. The van der Waals surface area contributed by atoms with E-state index in [0.29, 0.717) is 5.82 Å². The van der Waals surface area contributed by atoms with E-state index in [1.807, 2.05) is 46.3 Å². The van der Waals surface area contributed by atoms with Gasteiger partial charge in [0.05, 0.1) is 13.1 Å². The Morgan fingerprint density at radius 2 is 2.17 bits per heavy atom. The van der Waals surface area contributed by atoms with Crippen molar-refractivity contribution in [3.05, 3.63) is 52.6 Å². The summed E-state index contributed by atoms with van der Waals surface area (Å²) in [6.45, 7) is 2.04. The number of thiophene rings is 1. The van der Waals surface area contributed by atoms with Gasteiger partial charge in [0.1, 0.15) is 5.60 Å². The van der Waals surface area contributed by atoms with Gasteiger partial charge in [-0.25, -0.2) is 4.79 Å². The molecule has 3 aromatic rings. The van der Waals surface area contributed by atoms with Gasteiger partial charge in [0, 0.05) is 11.1 Å². The first-order chi connectivity index (χ1) is 11.1. The lowest BCUT2D eigenvalue weighted by Gasteiger charge is -2.22. The van der Waals surface area contributed by atoms with Crippen LogP contribution >= 0.6 is 11.3 Å². The molecule has 120 valence electrons. The topological polar surface area (TPSA) is 91.5 Å². The van der Waals surface area contributed by atoms with Crippen molar-refractivity contribution in [2.75, 3.05) is 6.54 Å². The van der Waals surface area contributed by atoms with E-state index in [-0.39, 0.29) is 19.1 Å². The lowest BCUT2D eigenvalue weighted by Crippen LogP contribution is -2.43. The van der Waals surface area contributed by atoms with E-state index in [0.717, 1.165) is 10.5 Å². The lowest BCUT2D eigenvalue weighted by molar-refractivity contribution is 0.0631. The van der Waals surface area contributed by atoms with Gasteiger partial charge in [0.25, 0.3) is 0 Å². The third-order valence-electron chi connectivity index (χ3n) is 3.44. The number of aliphatic hydroxyl groups is 1. The molecule has 1 atom stereocenters. The number of hydrogen-bond acceptors (Lipinski definition) is 5. The Balaban J connectivity index is 1.54. The highest BCUT2D eigenvalue weighted by Gasteiger charge is 2.24. The summed E-state index contributed by atoms with van der Waals surface area (Å²) in [5.41, 5.74) is -0.363. The maximum Gasteiger partial charge on any atom is 0.315 e. The molecule has 8 heteroatoms. The van der Waals surface area contributed by atoms with Gasteiger partial charge in [-0.2, -0.15) is 0 Å². The molecule has 0 aliphatic heterocycles. The molecule has 0 aliphatic rings. The second-order valence-electron chi connectivity index (χ2n) is 5.33. The molecule has 0 saturated carbocycles. The van der Waals surface area contributed by atoms with Gasteiger partial charge in [-0.3, -0.25) is 4.40 Å². The predicted octanol–water partition coefficient (Wildman–Crippen LogP) is 1.50. The van der Waals surface area contributed by atoms with E-state index in [2.05, 4.69) is 20.8 Å². The average molecular weight is 331 g/mol. The van der Waals surface area contributed by atoms with E-state index in [1.165, 1.54) is 11.3 Å². The molecule has 0 spiro atoms. The number of carbonyl (C=O) groups is 1. The van der Waals surface area contributed by atoms with E-state index >= 15 is 0 Å². The minimum Gasteiger partial charge on any atom is -0.383 e. The minimum atomic E-state index is -1.09. The highest BCUT2D eigenvalue weighted by atomic mass is 32.1. The van der Waals surface area contributed by atoms with Crippen LogP contribution in [0.15, 0.2) is 41.9 Å². The lowest BCUT2D eigenvalue weighted by atomic mass is 10.1. The summed E-state index contributed by atoms with van der Waals surface area (Å²) in [4.78, 5) is 12.7. The highest BCUT2D eigenvalue weighted by Crippen LogP contribution is 2.24. The Morgan fingerprint density at radius 3 is 2.96 bits per heavy atom. The molecular weight excluding hydrogens is 314 g/mol. The quantitative estimate of drug-likeness (QED) is 0.661. The fourth-order valence-electron chi connectivity index (χ4n) is 2.16. The Morgan fingerprint density at radius 1 is 1.30 bits per heavy atom. The van der Waals surface area contributed by atoms with Crippen molar-refractivity contribution in [2.24, 2.45) is 0 Å². The first kappa shape index (κ1) is 15.4. The van der Waals surface area contributed by atoms with Crippen molar-refractivity contribution >= 4 is 23.0 Å². The molecule has 23 heavy (non-hydrogen) atoms. The fourth-order valence-corrected chi connectivity index (χ4v) is 2.94. The molecule has 2 amide bonds. The van der Waals surface area contributed by atoms with Crippen LogP contribution in [0.1, 0.15) is 17.6 Å². The van der Waals surface area contributed by atoms with E-state index in [4.69, 9.17) is 0 Å². The van der Waals surface area contributed by atoms with Crippen LogP contribution in [0.25, 0.3) is 5.65 Å². The van der Waals surface area contributed by atoms with Crippen molar-refractivity contribution in [1.82, 2.24) is 25.2 Å². The Bertz CT molecular complexity index is 797. The van der Waals surface area contributed by atoms with Crippen molar-refractivity contribution in [3.8, 4) is 0 Å². The van der Waals surface area contributed by atoms with Gasteiger partial charge in [-0.05, 0) is 30.5 Å². The zero-order chi connectivity index (χ0) is 16.3. The number of hydrogen-bond donors (Lipinski definition) is 3. The van der Waals surface area contributed by atoms with Crippen molar-refractivity contribution in [1.29, 1.82) is 0 Å². The van der Waals surface area contributed by atoms with E-state index in [9.17, 15) is 9.90 Å². The summed E-state index contributed by atoms with van der Waals surface area (Å²) in [7, 11) is 0. The number of nitrogens with one attached hydrogen (secondary N) is 2. The van der Waals surface area contributed by atoms with E-state index < -0.39 is 5.60 Å². The summed E-state index contributed by atoms with van der Waals surface area (Å²) >= 11 is 1.45. The van der Waals surface area contributed by atoms with Crippen molar-refractivity contribution < 1.29 is 9.90 Å². The largest absolute Gasteiger partial charge is 0.383 e. The molecular formula is C15H17N5O2S. The second kappa shape index (κ2) is 6.35. The Kier molecular flexibility index (Phi) is 4.26. The molecule has 3 aromatic heterocycles. The Labute approximate surface area is 137 Å². The summed E-state index contributed by atoms with van der Waals surface area (Å²) in [5.74, 6) is 0.640. The number of aromatic nitrogens is 3. The SMILES string of the molecule is CC(O)(CNC(=O)NCc1nnc2ccccn12)c1cccs1. The van der Waals surface area contributed by atoms with Gasteiger partial charge >= 0.3 is 6.03 Å². The summed E-state index contributed by atoms with van der Waals surface area (Å²) in [5, 5.41) is 25.7. The van der Waals surface area contributed by atoms with Crippen LogP contribution in [-0.2, 0) is 12.1 Å². The maximum absolute atomic E-state index is 11.9. The molecule has 1 unspecified atom stereocenters. The first-order valence-electron chi connectivity index (χ1n) is 7.13. The third kappa shape index (κ3) is 3.49. The summed E-state index contributed by atoms with van der Waals surface area (Å²) in [6.07, 6.45) is 1.84. The number of pyridine rings is 1. The van der Waals surface area contributed by atoms with Crippen molar-refractivity contribution in [3.63, 3.8) is 0 Å². The summed E-state index contributed by atoms with van der Waals surface area (Å²) in [6, 6.07) is 8.93. The van der Waals surface area contributed by atoms with Crippen LogP contribution < -0.4 is 10.6 Å². The number of amides is 2. The number of fused-ring (bicyclic) bond motifs is 1. The molecule has 0 bridgehead atoms. The van der Waals surface area contributed by atoms with Gasteiger partial charge in [-0.15, -0.1) is 21.5 Å². The number of urea groups is 1. The van der Waals surface area contributed by atoms with Crippen LogP contribution in [0.5, 0.6) is 0 Å². The molecule has 3 N–H and O–H groups in total. The number of nitrogens with zero attached hydrogens (tertiary/aromatic N) is 3. The molecule has 0 saturated heterocycles. The molecule has 0 aliphatic carbocycles. The molecule has 3 heterocycles. The standard InChI is InChI=1S/C15H17N5O2S/c1-15(22,11-5-4-8-23-11)10-17-14(21)16-9-13-19-18-12-6-2-3-7-20(12)13/h2-8,22H,9-10H2,1H3,(H2,16,17,21). The van der Waals surface area contributed by atoms with E-state index in [1.54, 1.807) is 6.92 Å². The predicted molar refractivity (Wildman–Crippen MR) is 87.1 cm³/mol. The van der Waals surface area contributed by atoms with Gasteiger partial charge in [0.2, 0.25) is 0 Å². The average Bonchev–Trinajstić information content (AvgIpc) is 3.21. The van der Waals surface area contributed by atoms with Crippen LogP contribution in [0.3, 0.4) is 0 Å². The van der Waals surface area contributed by atoms with Crippen LogP contribution in [0.2, 0.25) is 0 Å². The minimum absolute atomic E-state index is 0.125. The normalized spacial score (nSPS) is 13.7. The van der Waals surface area contributed by atoms with Crippen LogP contribution in [-0.4, -0.2) is 32.3 Å². The molecule has 0 radical (unpaired) electrons. The molecule has 0 aromatic carbocycles. The third-order valence-corrected chi connectivity index (χ3v) is 4.56. The molecule has 0 fully saturated rings. The second-order valence-corrected chi connectivity index (χ2v) is 6.28. The zero-order valence-corrected chi connectivity index (χ0v) is 13.4. The highest BCUT2D eigenvalue weighted by molar-refractivity contribution is 7.10. The number of carbonyl (C=O) groups excluding carboxylic acids is 1. The van der Waals surface area contributed by atoms with Crippen LogP contribution in [0, 0.1) is 0 Å². The first-order valence-corrected chi connectivity index (χ1v) is 8.01. The fraction of sp³-hybridized carbons (Fsp3) is 0.267. The smallest absolute Gasteiger partial charge is 0.315 e. The summed E-state index contributed by atoms with van der Waals surface area (Å²) < 4.78 is 1.81. The monoisotopic (exact) mass is 331 g/mol. The van der Waals surface area contributed by atoms with Crippen LogP contribution in [0.4, 0.5) is 4.79 Å². The van der Waals surface area contributed by atoms with Gasteiger partial charge in [0.15, 0.2) is 11.5 Å². The van der Waals surface area contributed by atoms with Gasteiger partial charge < -0.3 is 15.7 Å². The molecule has 3 rings (SSSR count). The zero-order valence-electron chi connectivity index (χ0n) is 12.6. The number of rotatable bonds is 5. The molecule has 7 nitrogen and oxygen atoms in total. The van der Waals surface area contributed by atoms with Crippen molar-refractivity contribution in [2.45, 2.75) is 19.1 Å². The maximum atomic E-state index is 11.9. The van der Waals surface area contributed by atoms with Gasteiger partial charge in [-0.1, -0.05) is 12.1 Å².